The summed E-state index contributed by atoms with van der Waals surface area (Å²) in [6, 6.07) is -1.52. The zero-order chi connectivity index (χ0) is 42.1. The van der Waals surface area contributed by atoms with Crippen molar-refractivity contribution in [2.45, 2.75) is 225 Å². The normalized spacial score (nSPS) is 13.9. The number of phosphoric acid groups is 1. The molecule has 4 N–H and O–H groups in total. The highest BCUT2D eigenvalue weighted by Gasteiger charge is 2.28. The maximum atomic E-state index is 12.6. The first-order valence-electron chi connectivity index (χ1n) is 22.9. The van der Waals surface area contributed by atoms with Gasteiger partial charge in [-0.1, -0.05) is 179 Å². The Kier molecular flexibility index (Phi) is 39.3. The molecule has 0 aliphatic rings. The van der Waals surface area contributed by atoms with Crippen molar-refractivity contribution in [2.75, 3.05) is 19.8 Å². The SMILES string of the molecule is CCCCC/C=C\C/C=C\CCCCCCCCCC(=O)O[C@H](COC(=O)CCCCCCCCCCCCCCCCCC)COP(=O)(O)OC[C@H](N)C(=O)O. The van der Waals surface area contributed by atoms with Crippen molar-refractivity contribution in [3.05, 3.63) is 24.3 Å². The van der Waals surface area contributed by atoms with E-state index in [-0.39, 0.29) is 19.4 Å². The van der Waals surface area contributed by atoms with Gasteiger partial charge in [0.15, 0.2) is 6.10 Å². The number of ether oxygens (including phenoxy) is 2. The van der Waals surface area contributed by atoms with Gasteiger partial charge in [0.1, 0.15) is 12.6 Å². The van der Waals surface area contributed by atoms with Crippen LogP contribution in [0.2, 0.25) is 0 Å². The standard InChI is InChI=1S/C45H84NO10P/c1-3-5-7-9-11-13-15-17-19-21-23-25-27-29-31-33-35-37-44(48)56-41(39-54-57(51,52)55-40-42(46)45(49)50)38-53-43(47)36-34-32-30-28-26-24-22-20-18-16-14-12-10-8-6-4-2/h11,13,17,19,41-42H,3-10,12,14-16,18,20-40,46H2,1-2H3,(H,49,50)(H,51,52)/b13-11-,19-17-/t41-,42+/m1/s1. The molecule has 0 heterocycles. The van der Waals surface area contributed by atoms with Crippen molar-refractivity contribution in [2.24, 2.45) is 5.73 Å². The molecule has 0 rings (SSSR count). The van der Waals surface area contributed by atoms with E-state index in [1.165, 1.54) is 116 Å². The van der Waals surface area contributed by atoms with Gasteiger partial charge in [-0.05, 0) is 44.9 Å². The second-order valence-electron chi connectivity index (χ2n) is 15.5. The van der Waals surface area contributed by atoms with E-state index in [1.54, 1.807) is 0 Å². The van der Waals surface area contributed by atoms with Gasteiger partial charge in [0, 0.05) is 12.8 Å². The zero-order valence-electron chi connectivity index (χ0n) is 36.2. The van der Waals surface area contributed by atoms with Gasteiger partial charge in [0.2, 0.25) is 0 Å². The van der Waals surface area contributed by atoms with Crippen LogP contribution in [0.15, 0.2) is 24.3 Å². The Bertz CT molecular complexity index is 1070. The first-order valence-corrected chi connectivity index (χ1v) is 24.4. The van der Waals surface area contributed by atoms with E-state index in [0.717, 1.165) is 57.8 Å². The van der Waals surface area contributed by atoms with Crippen molar-refractivity contribution >= 4 is 25.7 Å². The lowest BCUT2D eigenvalue weighted by molar-refractivity contribution is -0.161. The summed E-state index contributed by atoms with van der Waals surface area (Å²) in [6.45, 7) is 2.79. The fourth-order valence-electron chi connectivity index (χ4n) is 6.33. The minimum atomic E-state index is -4.72. The molecule has 0 bridgehead atoms. The summed E-state index contributed by atoms with van der Waals surface area (Å²) in [7, 11) is -4.72. The maximum Gasteiger partial charge on any atom is 0.472 e. The molecule has 3 atom stereocenters. The summed E-state index contributed by atoms with van der Waals surface area (Å²) in [4.78, 5) is 46.0. The molecule has 0 radical (unpaired) electrons. The fourth-order valence-corrected chi connectivity index (χ4v) is 7.11. The molecule has 0 saturated carbocycles. The van der Waals surface area contributed by atoms with Crippen molar-refractivity contribution in [3.8, 4) is 0 Å². The lowest BCUT2D eigenvalue weighted by atomic mass is 10.0. The Hall–Kier alpha value is -2.04. The molecule has 0 aromatic heterocycles. The number of allylic oxidation sites excluding steroid dienone is 4. The number of nitrogens with two attached hydrogens (primary N) is 1. The van der Waals surface area contributed by atoms with Gasteiger partial charge >= 0.3 is 25.7 Å². The smallest absolute Gasteiger partial charge is 0.472 e. The van der Waals surface area contributed by atoms with E-state index < -0.39 is 51.1 Å². The van der Waals surface area contributed by atoms with E-state index >= 15 is 0 Å². The molecule has 0 aromatic rings. The topological polar surface area (TPSA) is 172 Å². The molecule has 0 amide bonds. The minimum Gasteiger partial charge on any atom is -0.480 e. The van der Waals surface area contributed by atoms with Crippen LogP contribution in [0.3, 0.4) is 0 Å². The number of carbonyl (C=O) groups is 3. The average molecular weight is 830 g/mol. The van der Waals surface area contributed by atoms with E-state index in [1.807, 2.05) is 0 Å². The summed E-state index contributed by atoms with van der Waals surface area (Å²) in [5, 5.41) is 8.89. The summed E-state index contributed by atoms with van der Waals surface area (Å²) < 4.78 is 32.7. The van der Waals surface area contributed by atoms with E-state index in [2.05, 4.69) is 42.7 Å². The fraction of sp³-hybridized carbons (Fsp3) is 0.844. The monoisotopic (exact) mass is 830 g/mol. The van der Waals surface area contributed by atoms with Crippen LogP contribution >= 0.6 is 7.82 Å². The van der Waals surface area contributed by atoms with Crippen LogP contribution in [-0.4, -0.2) is 59.9 Å². The number of aliphatic carboxylic acids is 1. The van der Waals surface area contributed by atoms with E-state index in [0.29, 0.717) is 12.8 Å². The third-order valence-electron chi connectivity index (χ3n) is 9.95. The molecule has 0 fully saturated rings. The van der Waals surface area contributed by atoms with Crippen molar-refractivity contribution in [3.63, 3.8) is 0 Å². The highest BCUT2D eigenvalue weighted by Crippen LogP contribution is 2.43. The molecule has 0 aliphatic heterocycles. The first kappa shape index (κ1) is 55.0. The van der Waals surface area contributed by atoms with Gasteiger partial charge in [-0.3, -0.25) is 23.4 Å². The van der Waals surface area contributed by atoms with E-state index in [4.69, 9.17) is 24.8 Å². The van der Waals surface area contributed by atoms with Crippen LogP contribution in [0.1, 0.15) is 213 Å². The van der Waals surface area contributed by atoms with Crippen LogP contribution in [-0.2, 0) is 37.5 Å². The molecule has 0 spiro atoms. The average Bonchev–Trinajstić information content (AvgIpc) is 3.19. The molecular weight excluding hydrogens is 745 g/mol. The Labute approximate surface area is 347 Å². The number of hydrogen-bond donors (Lipinski definition) is 3. The lowest BCUT2D eigenvalue weighted by Crippen LogP contribution is -2.34. The van der Waals surface area contributed by atoms with E-state index in [9.17, 15) is 23.8 Å². The van der Waals surface area contributed by atoms with Crippen molar-refractivity contribution in [1.82, 2.24) is 0 Å². The summed E-state index contributed by atoms with van der Waals surface area (Å²) in [5.41, 5.74) is 5.34. The Balaban J connectivity index is 4.32. The van der Waals surface area contributed by atoms with Crippen LogP contribution in [0.5, 0.6) is 0 Å². The van der Waals surface area contributed by atoms with Gasteiger partial charge in [-0.25, -0.2) is 4.57 Å². The summed E-state index contributed by atoms with van der Waals surface area (Å²) in [5.74, 6) is -2.38. The second kappa shape index (κ2) is 40.7. The van der Waals surface area contributed by atoms with Gasteiger partial charge < -0.3 is 25.2 Å². The van der Waals surface area contributed by atoms with Gasteiger partial charge in [0.05, 0.1) is 13.2 Å². The van der Waals surface area contributed by atoms with Crippen LogP contribution < -0.4 is 5.73 Å². The lowest BCUT2D eigenvalue weighted by Gasteiger charge is -2.20. The van der Waals surface area contributed by atoms with Gasteiger partial charge in [-0.2, -0.15) is 0 Å². The molecule has 0 saturated heterocycles. The molecule has 11 nitrogen and oxygen atoms in total. The third kappa shape index (κ3) is 40.5. The molecule has 0 aliphatic carbocycles. The van der Waals surface area contributed by atoms with Gasteiger partial charge in [0.25, 0.3) is 0 Å². The number of phosphoric ester groups is 1. The predicted octanol–water partition coefficient (Wildman–Crippen LogP) is 12.2. The number of carbonyl (C=O) groups excluding carboxylic acids is 2. The predicted molar refractivity (Wildman–Crippen MR) is 231 cm³/mol. The van der Waals surface area contributed by atoms with Crippen molar-refractivity contribution < 1.29 is 47.5 Å². The van der Waals surface area contributed by atoms with Crippen LogP contribution in [0.4, 0.5) is 0 Å². The third-order valence-corrected chi connectivity index (χ3v) is 10.9. The Morgan fingerprint density at radius 1 is 0.544 bits per heavy atom. The molecule has 334 valence electrons. The minimum absolute atomic E-state index is 0.155. The Morgan fingerprint density at radius 3 is 1.40 bits per heavy atom. The van der Waals surface area contributed by atoms with Gasteiger partial charge in [-0.15, -0.1) is 0 Å². The van der Waals surface area contributed by atoms with Crippen molar-refractivity contribution in [1.29, 1.82) is 0 Å². The number of carboxylic acids is 1. The highest BCUT2D eigenvalue weighted by atomic mass is 31.2. The summed E-state index contributed by atoms with van der Waals surface area (Å²) >= 11 is 0. The summed E-state index contributed by atoms with van der Waals surface area (Å²) in [6.07, 6.45) is 42.3. The zero-order valence-corrected chi connectivity index (χ0v) is 37.1. The molecule has 0 aromatic carbocycles. The largest absolute Gasteiger partial charge is 0.480 e. The number of hydrogen-bond acceptors (Lipinski definition) is 9. The molecule has 1 unspecified atom stereocenters. The second-order valence-corrected chi connectivity index (χ2v) is 17.0. The Morgan fingerprint density at radius 2 is 0.930 bits per heavy atom. The highest BCUT2D eigenvalue weighted by molar-refractivity contribution is 7.47. The number of unbranched alkanes of at least 4 members (excludes halogenated alkanes) is 25. The first-order chi connectivity index (χ1) is 27.6. The maximum absolute atomic E-state index is 12.6. The molecule has 57 heavy (non-hydrogen) atoms. The molecule has 12 heteroatoms. The quantitative estimate of drug-likeness (QED) is 0.0231. The number of esters is 2. The molecular formula is C45H84NO10P. The van der Waals surface area contributed by atoms with Crippen LogP contribution in [0.25, 0.3) is 0 Å². The van der Waals surface area contributed by atoms with Crippen LogP contribution in [0, 0.1) is 0 Å². The number of carboxylic acid groups (broad SMARTS) is 1. The number of rotatable bonds is 43.